The molecule has 0 unspecified atom stereocenters. The first-order valence-electron chi connectivity index (χ1n) is 6.16. The molecular formula is C14H17BrClN3. The van der Waals surface area contributed by atoms with Gasteiger partial charge in [-0.2, -0.15) is 5.10 Å². The zero-order valence-electron chi connectivity index (χ0n) is 11.2. The van der Waals surface area contributed by atoms with Crippen molar-refractivity contribution in [1.82, 2.24) is 9.78 Å². The number of nitrogens with zero attached hydrogens (tertiary/aromatic N) is 2. The molecule has 0 spiro atoms. The fraction of sp³-hybridized carbons (Fsp3) is 0.357. The van der Waals surface area contributed by atoms with E-state index in [1.165, 1.54) is 0 Å². The average Bonchev–Trinajstić information content (AvgIpc) is 2.55. The van der Waals surface area contributed by atoms with Crippen LogP contribution in [0.15, 0.2) is 22.7 Å². The molecule has 102 valence electrons. The third kappa shape index (κ3) is 3.12. The molecule has 0 radical (unpaired) electrons. The molecule has 0 saturated heterocycles. The van der Waals surface area contributed by atoms with Gasteiger partial charge in [0.25, 0.3) is 0 Å². The topological polar surface area (TPSA) is 43.8 Å². The van der Waals surface area contributed by atoms with Gasteiger partial charge in [-0.05, 0) is 30.5 Å². The maximum atomic E-state index is 6.12. The monoisotopic (exact) mass is 341 g/mol. The lowest BCUT2D eigenvalue weighted by Crippen LogP contribution is -2.02. The molecule has 3 nitrogen and oxygen atoms in total. The summed E-state index contributed by atoms with van der Waals surface area (Å²) in [6, 6.07) is 5.79. The van der Waals surface area contributed by atoms with Crippen molar-refractivity contribution in [3.63, 3.8) is 0 Å². The fourth-order valence-electron chi connectivity index (χ4n) is 2.11. The van der Waals surface area contributed by atoms with Crippen LogP contribution in [0.3, 0.4) is 0 Å². The molecule has 0 bridgehead atoms. The van der Waals surface area contributed by atoms with Gasteiger partial charge >= 0.3 is 0 Å². The van der Waals surface area contributed by atoms with Crippen molar-refractivity contribution in [1.29, 1.82) is 0 Å². The Morgan fingerprint density at radius 1 is 1.37 bits per heavy atom. The van der Waals surface area contributed by atoms with Crippen molar-refractivity contribution in [3.05, 3.63) is 33.3 Å². The Hall–Kier alpha value is -1.00. The van der Waals surface area contributed by atoms with Gasteiger partial charge in [-0.3, -0.25) is 4.68 Å². The predicted octanol–water partition coefficient (Wildman–Crippen LogP) is 4.28. The van der Waals surface area contributed by atoms with Gasteiger partial charge < -0.3 is 5.73 Å². The van der Waals surface area contributed by atoms with E-state index in [0.717, 1.165) is 33.5 Å². The number of nitrogens with two attached hydrogens (primary N) is 1. The lowest BCUT2D eigenvalue weighted by atomic mass is 9.99. The zero-order valence-corrected chi connectivity index (χ0v) is 13.6. The van der Waals surface area contributed by atoms with Crippen molar-refractivity contribution in [2.45, 2.75) is 20.3 Å². The van der Waals surface area contributed by atoms with Gasteiger partial charge in [-0.25, -0.2) is 0 Å². The van der Waals surface area contributed by atoms with Crippen molar-refractivity contribution in [3.8, 4) is 11.3 Å². The lowest BCUT2D eigenvalue weighted by Gasteiger charge is -2.07. The number of hydrogen-bond donors (Lipinski definition) is 1. The third-order valence-electron chi connectivity index (χ3n) is 2.94. The summed E-state index contributed by atoms with van der Waals surface area (Å²) in [4.78, 5) is 0. The highest BCUT2D eigenvalue weighted by Gasteiger charge is 2.17. The van der Waals surface area contributed by atoms with Crippen LogP contribution in [0.2, 0.25) is 5.02 Å². The van der Waals surface area contributed by atoms with E-state index in [9.17, 15) is 0 Å². The van der Waals surface area contributed by atoms with Gasteiger partial charge in [0.2, 0.25) is 0 Å². The first-order chi connectivity index (χ1) is 8.88. The summed E-state index contributed by atoms with van der Waals surface area (Å²) >= 11 is 9.57. The van der Waals surface area contributed by atoms with Crippen LogP contribution in [0.4, 0.5) is 5.82 Å². The largest absolute Gasteiger partial charge is 0.384 e. The highest BCUT2D eigenvalue weighted by molar-refractivity contribution is 9.10. The summed E-state index contributed by atoms with van der Waals surface area (Å²) in [6.45, 7) is 4.34. The number of nitrogen functional groups attached to an aromatic ring is 1. The highest BCUT2D eigenvalue weighted by Crippen LogP contribution is 2.32. The summed E-state index contributed by atoms with van der Waals surface area (Å²) < 4.78 is 2.66. The van der Waals surface area contributed by atoms with Crippen LogP contribution in [0.5, 0.6) is 0 Å². The Labute approximate surface area is 126 Å². The molecule has 5 heteroatoms. The van der Waals surface area contributed by atoms with E-state index in [-0.39, 0.29) is 0 Å². The van der Waals surface area contributed by atoms with Crippen molar-refractivity contribution in [2.75, 3.05) is 5.73 Å². The molecule has 19 heavy (non-hydrogen) atoms. The summed E-state index contributed by atoms with van der Waals surface area (Å²) in [5.41, 5.74) is 9.11. The van der Waals surface area contributed by atoms with Gasteiger partial charge in [0, 0.05) is 27.7 Å². The Kier molecular flexibility index (Phi) is 4.21. The number of halogens is 2. The number of hydrogen-bond acceptors (Lipinski definition) is 2. The second-order valence-electron chi connectivity index (χ2n) is 5.09. The van der Waals surface area contributed by atoms with Gasteiger partial charge in [0.15, 0.2) is 0 Å². The molecule has 0 fully saturated rings. The van der Waals surface area contributed by atoms with E-state index >= 15 is 0 Å². The van der Waals surface area contributed by atoms with E-state index in [1.807, 2.05) is 25.2 Å². The number of benzene rings is 1. The molecule has 0 atom stereocenters. The molecule has 0 aliphatic carbocycles. The maximum absolute atomic E-state index is 6.12. The van der Waals surface area contributed by atoms with Crippen LogP contribution in [0, 0.1) is 5.92 Å². The van der Waals surface area contributed by atoms with Crippen molar-refractivity contribution >= 4 is 33.3 Å². The van der Waals surface area contributed by atoms with Crippen LogP contribution in [-0.4, -0.2) is 9.78 Å². The second kappa shape index (κ2) is 5.55. The predicted molar refractivity (Wildman–Crippen MR) is 84.3 cm³/mol. The first kappa shape index (κ1) is 14.4. The number of aromatic nitrogens is 2. The van der Waals surface area contributed by atoms with Gasteiger partial charge in [-0.15, -0.1) is 0 Å². The Balaban J connectivity index is 2.57. The van der Waals surface area contributed by atoms with Gasteiger partial charge in [0.05, 0.1) is 5.69 Å². The van der Waals surface area contributed by atoms with E-state index in [4.69, 9.17) is 17.3 Å². The van der Waals surface area contributed by atoms with Crippen molar-refractivity contribution < 1.29 is 0 Å². The molecule has 0 aliphatic rings. The Morgan fingerprint density at radius 3 is 2.63 bits per heavy atom. The van der Waals surface area contributed by atoms with Crippen LogP contribution < -0.4 is 5.73 Å². The van der Waals surface area contributed by atoms with E-state index < -0.39 is 0 Å². The minimum Gasteiger partial charge on any atom is -0.384 e. The molecule has 1 aromatic carbocycles. The fourth-order valence-corrected chi connectivity index (χ4v) is 2.97. The van der Waals surface area contributed by atoms with E-state index in [0.29, 0.717) is 10.9 Å². The number of aryl methyl sites for hydroxylation is 1. The minimum absolute atomic E-state index is 0.521. The first-order valence-corrected chi connectivity index (χ1v) is 7.33. The minimum atomic E-state index is 0.521. The number of anilines is 1. The van der Waals surface area contributed by atoms with Crippen LogP contribution in [0.25, 0.3) is 11.3 Å². The Morgan fingerprint density at radius 2 is 2.05 bits per heavy atom. The lowest BCUT2D eigenvalue weighted by molar-refractivity contribution is 0.648. The van der Waals surface area contributed by atoms with Crippen LogP contribution >= 0.6 is 27.5 Å². The molecule has 0 saturated carbocycles. The smallest absolute Gasteiger partial charge is 0.125 e. The average molecular weight is 343 g/mol. The Bertz CT molecular complexity index is 585. The maximum Gasteiger partial charge on any atom is 0.125 e. The molecule has 1 heterocycles. The SMILES string of the molecule is CC(C)Cc1c(-c2cc(Cl)cc(Br)c2)nn(C)c1N. The van der Waals surface area contributed by atoms with Gasteiger partial charge in [-0.1, -0.05) is 41.4 Å². The van der Waals surface area contributed by atoms with Crippen LogP contribution in [-0.2, 0) is 13.5 Å². The quantitative estimate of drug-likeness (QED) is 0.904. The summed E-state index contributed by atoms with van der Waals surface area (Å²) in [5.74, 6) is 1.24. The summed E-state index contributed by atoms with van der Waals surface area (Å²) in [7, 11) is 1.86. The molecular weight excluding hydrogens is 326 g/mol. The number of rotatable bonds is 3. The molecule has 2 aromatic rings. The van der Waals surface area contributed by atoms with Crippen LogP contribution in [0.1, 0.15) is 19.4 Å². The molecule has 1 aromatic heterocycles. The highest BCUT2D eigenvalue weighted by atomic mass is 79.9. The third-order valence-corrected chi connectivity index (χ3v) is 3.62. The van der Waals surface area contributed by atoms with Crippen molar-refractivity contribution in [2.24, 2.45) is 13.0 Å². The van der Waals surface area contributed by atoms with Gasteiger partial charge in [0.1, 0.15) is 5.82 Å². The second-order valence-corrected chi connectivity index (χ2v) is 6.44. The standard InChI is InChI=1S/C14H17BrClN3/c1-8(2)4-12-13(18-19(3)14(12)17)9-5-10(15)7-11(16)6-9/h5-8H,4,17H2,1-3H3. The van der Waals surface area contributed by atoms with E-state index in [2.05, 4.69) is 34.9 Å². The molecule has 2 N–H and O–H groups in total. The zero-order chi connectivity index (χ0) is 14.2. The molecule has 0 amide bonds. The van der Waals surface area contributed by atoms with E-state index in [1.54, 1.807) is 4.68 Å². The molecule has 2 rings (SSSR count). The summed E-state index contributed by atoms with van der Waals surface area (Å²) in [6.07, 6.45) is 0.902. The normalized spacial score (nSPS) is 11.3. The molecule has 0 aliphatic heterocycles. The summed E-state index contributed by atoms with van der Waals surface area (Å²) in [5, 5.41) is 5.21.